The summed E-state index contributed by atoms with van der Waals surface area (Å²) in [5, 5.41) is 18.7. The van der Waals surface area contributed by atoms with Gasteiger partial charge in [0.2, 0.25) is 5.91 Å². The fourth-order valence-corrected chi connectivity index (χ4v) is 5.12. The van der Waals surface area contributed by atoms with E-state index < -0.39 is 40.7 Å². The molecule has 3 unspecified atom stereocenters. The van der Waals surface area contributed by atoms with Gasteiger partial charge in [-0.05, 0) is 37.1 Å². The highest BCUT2D eigenvalue weighted by Gasteiger charge is 2.30. The number of carbonyl (C=O) groups is 4. The van der Waals surface area contributed by atoms with Gasteiger partial charge < -0.3 is 25.2 Å². The summed E-state index contributed by atoms with van der Waals surface area (Å²) in [5.41, 5.74) is 1.52. The lowest BCUT2D eigenvalue weighted by Crippen LogP contribution is -2.51. The van der Waals surface area contributed by atoms with Gasteiger partial charge in [0.25, 0.3) is 5.91 Å². The molecule has 3 rings (SSSR count). The maximum absolute atomic E-state index is 13.3. The van der Waals surface area contributed by atoms with Gasteiger partial charge in [0.05, 0.1) is 22.0 Å². The molecule has 0 spiro atoms. The number of carbonyl (C=O) groups excluding carboxylic acids is 3. The summed E-state index contributed by atoms with van der Waals surface area (Å²) < 4.78 is 5.49. The number of nitrogens with one attached hydrogen (secondary N) is 2. The zero-order valence-corrected chi connectivity index (χ0v) is 27.2. The van der Waals surface area contributed by atoms with Crippen molar-refractivity contribution in [1.82, 2.24) is 20.8 Å². The molecule has 0 saturated heterocycles. The SMILES string of the molecule is CC(C)C(NC(=O)C(C)C(C)NC(=O)O)C(=O)CCN(C(=O)C(Cl)Cl)c1ccnc(-c2cc(-c3c(Cl)cccc3Cl)no2)c1. The molecular formula is C29H31Cl4N5O6. The van der Waals surface area contributed by atoms with Gasteiger partial charge in [-0.15, -0.1) is 0 Å². The average molecular weight is 687 g/mol. The number of amides is 3. The van der Waals surface area contributed by atoms with Crippen LogP contribution in [0.25, 0.3) is 22.7 Å². The molecule has 2 aromatic heterocycles. The Morgan fingerprint density at radius 3 is 2.23 bits per heavy atom. The van der Waals surface area contributed by atoms with Crippen molar-refractivity contribution in [3.05, 3.63) is 52.6 Å². The lowest BCUT2D eigenvalue weighted by atomic mass is 9.95. The number of halogens is 4. The van der Waals surface area contributed by atoms with Crippen LogP contribution in [0.2, 0.25) is 10.0 Å². The van der Waals surface area contributed by atoms with Crippen molar-refractivity contribution in [2.24, 2.45) is 11.8 Å². The van der Waals surface area contributed by atoms with Crippen molar-refractivity contribution >= 4 is 75.8 Å². The average Bonchev–Trinajstić information content (AvgIpc) is 3.44. The summed E-state index contributed by atoms with van der Waals surface area (Å²) in [7, 11) is 0. The van der Waals surface area contributed by atoms with Crippen molar-refractivity contribution in [1.29, 1.82) is 0 Å². The highest BCUT2D eigenvalue weighted by molar-refractivity contribution is 6.54. The zero-order chi connectivity index (χ0) is 32.7. The third-order valence-corrected chi connectivity index (χ3v) is 7.90. The standard InChI is InChI=1S/C29H31Cl4N5O6/c1-14(2)25(36-27(40)15(3)16(4)35-29(42)43)22(39)9-11-38(28(41)26(32)33)17-8-10-34-20(12-17)23-13-21(37-44-23)24-18(30)6-5-7-19(24)31/h5-8,10,12-16,25-26,35H,9,11H2,1-4H3,(H,36,40)(H,42,43). The lowest BCUT2D eigenvalue weighted by Gasteiger charge is -2.27. The van der Waals surface area contributed by atoms with Gasteiger partial charge in [-0.25, -0.2) is 4.79 Å². The lowest BCUT2D eigenvalue weighted by molar-refractivity contribution is -0.131. The number of rotatable bonds is 13. The molecule has 0 bridgehead atoms. The first kappa shape index (κ1) is 35.1. The van der Waals surface area contributed by atoms with Crippen LogP contribution in [0.5, 0.6) is 0 Å². The van der Waals surface area contributed by atoms with E-state index in [1.165, 1.54) is 11.1 Å². The number of carboxylic acid groups (broad SMARTS) is 1. The van der Waals surface area contributed by atoms with E-state index in [0.717, 1.165) is 0 Å². The summed E-state index contributed by atoms with van der Waals surface area (Å²) in [4.78, 5) is 54.3. The third kappa shape index (κ3) is 8.84. The predicted molar refractivity (Wildman–Crippen MR) is 169 cm³/mol. The van der Waals surface area contributed by atoms with E-state index in [-0.39, 0.29) is 30.4 Å². The van der Waals surface area contributed by atoms with Gasteiger partial charge in [0.15, 0.2) is 16.4 Å². The number of pyridine rings is 1. The van der Waals surface area contributed by atoms with Crippen LogP contribution in [0, 0.1) is 11.8 Å². The van der Waals surface area contributed by atoms with Crippen LogP contribution in [-0.4, -0.2) is 62.4 Å². The van der Waals surface area contributed by atoms with Crippen molar-refractivity contribution in [2.45, 2.75) is 51.0 Å². The molecule has 2 heterocycles. The van der Waals surface area contributed by atoms with Crippen molar-refractivity contribution in [2.75, 3.05) is 11.4 Å². The zero-order valence-electron chi connectivity index (χ0n) is 24.2. The predicted octanol–water partition coefficient (Wildman–Crippen LogP) is 6.24. The molecule has 0 radical (unpaired) electrons. The summed E-state index contributed by atoms with van der Waals surface area (Å²) in [6.07, 6.45) is 0.0324. The summed E-state index contributed by atoms with van der Waals surface area (Å²) in [6.45, 7) is 6.52. The van der Waals surface area contributed by atoms with E-state index in [1.807, 2.05) is 0 Å². The Morgan fingerprint density at radius 2 is 1.64 bits per heavy atom. The highest BCUT2D eigenvalue weighted by Crippen LogP contribution is 2.36. The Bertz CT molecular complexity index is 1490. The van der Waals surface area contributed by atoms with Crippen LogP contribution in [0.3, 0.4) is 0 Å². The molecular weight excluding hydrogens is 656 g/mol. The number of anilines is 1. The minimum absolute atomic E-state index is 0.112. The number of hydrogen-bond acceptors (Lipinski definition) is 7. The van der Waals surface area contributed by atoms with Crippen molar-refractivity contribution in [3.8, 4) is 22.7 Å². The number of benzene rings is 1. The van der Waals surface area contributed by atoms with E-state index in [0.29, 0.717) is 32.7 Å². The molecule has 236 valence electrons. The van der Waals surface area contributed by atoms with E-state index in [2.05, 4.69) is 20.8 Å². The van der Waals surface area contributed by atoms with Crippen molar-refractivity contribution in [3.63, 3.8) is 0 Å². The summed E-state index contributed by atoms with van der Waals surface area (Å²) >= 11 is 24.5. The summed E-state index contributed by atoms with van der Waals surface area (Å²) in [6, 6.07) is 8.17. The Balaban J connectivity index is 1.81. The molecule has 3 N–H and O–H groups in total. The normalized spacial score (nSPS) is 13.3. The van der Waals surface area contributed by atoms with Crippen molar-refractivity contribution < 1.29 is 28.8 Å². The Hall–Kier alpha value is -3.38. The number of nitrogens with zero attached hydrogens (tertiary/aromatic N) is 3. The molecule has 44 heavy (non-hydrogen) atoms. The Kier molecular flexibility index (Phi) is 12.4. The van der Waals surface area contributed by atoms with Crippen LogP contribution in [0.4, 0.5) is 10.5 Å². The molecule has 0 aliphatic rings. The van der Waals surface area contributed by atoms with Gasteiger partial charge in [-0.2, -0.15) is 0 Å². The van der Waals surface area contributed by atoms with E-state index in [1.54, 1.807) is 64.1 Å². The van der Waals surface area contributed by atoms with Crippen LogP contribution in [0.1, 0.15) is 34.1 Å². The largest absolute Gasteiger partial charge is 0.465 e. The fraction of sp³-hybridized carbons (Fsp3) is 0.379. The van der Waals surface area contributed by atoms with Crippen LogP contribution in [-0.2, 0) is 14.4 Å². The van der Waals surface area contributed by atoms with E-state index in [9.17, 15) is 19.2 Å². The number of alkyl halides is 2. The van der Waals surface area contributed by atoms with Gasteiger partial charge in [-0.3, -0.25) is 19.4 Å². The van der Waals surface area contributed by atoms with Crippen LogP contribution < -0.4 is 15.5 Å². The number of Topliss-reactive ketones (excluding diaryl/α,β-unsaturated/α-hetero) is 1. The first-order chi connectivity index (χ1) is 20.7. The maximum atomic E-state index is 13.3. The van der Waals surface area contributed by atoms with Crippen LogP contribution in [0.15, 0.2) is 47.1 Å². The highest BCUT2D eigenvalue weighted by atomic mass is 35.5. The number of aromatic nitrogens is 2. The topological polar surface area (TPSA) is 155 Å². The van der Waals surface area contributed by atoms with E-state index >= 15 is 0 Å². The molecule has 0 fully saturated rings. The molecule has 1 aromatic carbocycles. The number of ketones is 1. The maximum Gasteiger partial charge on any atom is 0.404 e. The molecule has 11 nitrogen and oxygen atoms in total. The smallest absolute Gasteiger partial charge is 0.404 e. The fourth-order valence-electron chi connectivity index (χ4n) is 4.29. The Labute approximate surface area is 274 Å². The third-order valence-electron chi connectivity index (χ3n) is 6.90. The first-order valence-corrected chi connectivity index (χ1v) is 15.1. The van der Waals surface area contributed by atoms with Gasteiger partial charge in [-0.1, -0.05) is 78.4 Å². The quantitative estimate of drug-likeness (QED) is 0.179. The van der Waals surface area contributed by atoms with Gasteiger partial charge >= 0.3 is 6.09 Å². The monoisotopic (exact) mass is 685 g/mol. The molecule has 0 saturated carbocycles. The van der Waals surface area contributed by atoms with Gasteiger partial charge in [0, 0.05) is 42.5 Å². The summed E-state index contributed by atoms with van der Waals surface area (Å²) in [5.74, 6) is -2.28. The molecule has 0 aliphatic carbocycles. The molecule has 0 aliphatic heterocycles. The molecule has 15 heteroatoms. The number of hydrogen-bond donors (Lipinski definition) is 3. The molecule has 3 atom stereocenters. The van der Waals surface area contributed by atoms with E-state index in [4.69, 9.17) is 56.0 Å². The second kappa shape index (κ2) is 15.6. The minimum atomic E-state index is -1.43. The van der Waals surface area contributed by atoms with Crippen LogP contribution >= 0.6 is 46.4 Å². The first-order valence-electron chi connectivity index (χ1n) is 13.5. The molecule has 3 amide bonds. The Morgan fingerprint density at radius 1 is 0.977 bits per heavy atom. The second-order valence-electron chi connectivity index (χ2n) is 10.3. The second-order valence-corrected chi connectivity index (χ2v) is 12.2. The minimum Gasteiger partial charge on any atom is -0.465 e. The molecule has 3 aromatic rings. The van der Waals surface area contributed by atoms with Gasteiger partial charge in [0.1, 0.15) is 11.4 Å².